The van der Waals surface area contributed by atoms with E-state index in [1.54, 1.807) is 0 Å². The molecule has 0 radical (unpaired) electrons. The lowest BCUT2D eigenvalue weighted by Crippen LogP contribution is -2.39. The van der Waals surface area contributed by atoms with Crippen LogP contribution in [0.1, 0.15) is 76.3 Å². The fourth-order valence-corrected chi connectivity index (χ4v) is 3.25. The highest BCUT2D eigenvalue weighted by atomic mass is 15.0. The Bertz CT molecular complexity index is 467. The Balaban J connectivity index is 1.80. The van der Waals surface area contributed by atoms with Crippen molar-refractivity contribution in [2.75, 3.05) is 0 Å². The first-order valence-corrected chi connectivity index (χ1v) is 9.42. The Kier molecular flexibility index (Phi) is 8.47. The van der Waals surface area contributed by atoms with Gasteiger partial charge in [-0.1, -0.05) is 88.3 Å². The quantitative estimate of drug-likeness (QED) is 0.349. The van der Waals surface area contributed by atoms with E-state index in [1.807, 2.05) is 0 Å². The Hall–Kier alpha value is -1.63. The first kappa shape index (κ1) is 17.7. The van der Waals surface area contributed by atoms with Crippen LogP contribution in [0.2, 0.25) is 0 Å². The van der Waals surface area contributed by atoms with Crippen LogP contribution in [0.25, 0.3) is 0 Å². The first-order valence-electron chi connectivity index (χ1n) is 9.42. The highest BCUT2D eigenvalue weighted by Gasteiger charge is 2.19. The zero-order chi connectivity index (χ0) is 16.2. The molecule has 0 spiro atoms. The van der Waals surface area contributed by atoms with Crippen LogP contribution in [0.15, 0.2) is 60.9 Å². The normalized spacial score (nSPS) is 12.2. The summed E-state index contributed by atoms with van der Waals surface area (Å²) in [6.07, 6.45) is 16.7. The maximum Gasteiger partial charge on any atom is 0.183 e. The zero-order valence-corrected chi connectivity index (χ0v) is 14.7. The summed E-state index contributed by atoms with van der Waals surface area (Å²) in [5.74, 6) is 0. The number of pyridine rings is 1. The third kappa shape index (κ3) is 6.56. The van der Waals surface area contributed by atoms with Crippen molar-refractivity contribution in [3.05, 3.63) is 66.5 Å². The van der Waals surface area contributed by atoms with E-state index in [9.17, 15) is 0 Å². The van der Waals surface area contributed by atoms with Gasteiger partial charge in [0.15, 0.2) is 18.4 Å². The predicted molar refractivity (Wildman–Crippen MR) is 98.4 cm³/mol. The van der Waals surface area contributed by atoms with Gasteiger partial charge in [-0.15, -0.1) is 0 Å². The topological polar surface area (TPSA) is 3.88 Å². The molecule has 0 fully saturated rings. The van der Waals surface area contributed by atoms with Gasteiger partial charge in [0, 0.05) is 24.1 Å². The van der Waals surface area contributed by atoms with Crippen LogP contribution in [0.4, 0.5) is 0 Å². The number of aromatic nitrogens is 1. The van der Waals surface area contributed by atoms with Gasteiger partial charge in [-0.2, -0.15) is 4.57 Å². The lowest BCUT2D eigenvalue weighted by Gasteiger charge is -2.13. The summed E-state index contributed by atoms with van der Waals surface area (Å²) in [6, 6.07) is 17.7. The van der Waals surface area contributed by atoms with Crippen LogP contribution in [0, 0.1) is 0 Å². The van der Waals surface area contributed by atoms with E-state index < -0.39 is 0 Å². The Morgan fingerprint density at radius 1 is 0.696 bits per heavy atom. The van der Waals surface area contributed by atoms with Gasteiger partial charge in [0.1, 0.15) is 0 Å². The SMILES string of the molecule is CCCCCCCCCCC(c1ccccc1)[n+]1ccccc1. The molecular formula is C22H32N+. The molecule has 1 aromatic heterocycles. The fraction of sp³-hybridized carbons (Fsp3) is 0.500. The molecule has 0 amide bonds. The van der Waals surface area contributed by atoms with Crippen LogP contribution in [-0.2, 0) is 0 Å². The van der Waals surface area contributed by atoms with E-state index in [4.69, 9.17) is 0 Å². The lowest BCUT2D eigenvalue weighted by atomic mass is 9.99. The molecule has 124 valence electrons. The maximum absolute atomic E-state index is 2.36. The van der Waals surface area contributed by atoms with Crippen molar-refractivity contribution in [2.24, 2.45) is 0 Å². The smallest absolute Gasteiger partial charge is 0.183 e. The van der Waals surface area contributed by atoms with Crippen molar-refractivity contribution in [2.45, 2.75) is 70.8 Å². The van der Waals surface area contributed by atoms with Crippen molar-refractivity contribution in [3.63, 3.8) is 0 Å². The van der Waals surface area contributed by atoms with Gasteiger partial charge in [0.25, 0.3) is 0 Å². The molecular weight excluding hydrogens is 278 g/mol. The van der Waals surface area contributed by atoms with E-state index in [0.717, 1.165) is 0 Å². The van der Waals surface area contributed by atoms with Gasteiger partial charge in [-0.25, -0.2) is 0 Å². The van der Waals surface area contributed by atoms with Crippen LogP contribution < -0.4 is 4.57 Å². The van der Waals surface area contributed by atoms with E-state index in [2.05, 4.69) is 72.4 Å². The molecule has 23 heavy (non-hydrogen) atoms. The first-order chi connectivity index (χ1) is 11.4. The van der Waals surface area contributed by atoms with Crippen molar-refractivity contribution < 1.29 is 4.57 Å². The summed E-state index contributed by atoms with van der Waals surface area (Å²) in [7, 11) is 0. The summed E-state index contributed by atoms with van der Waals surface area (Å²) < 4.78 is 2.36. The molecule has 0 aliphatic heterocycles. The van der Waals surface area contributed by atoms with Crippen molar-refractivity contribution in [3.8, 4) is 0 Å². The molecule has 0 aliphatic carbocycles. The average Bonchev–Trinajstić information content (AvgIpc) is 2.62. The average molecular weight is 311 g/mol. The maximum atomic E-state index is 2.36. The summed E-state index contributed by atoms with van der Waals surface area (Å²) >= 11 is 0. The summed E-state index contributed by atoms with van der Waals surface area (Å²) in [5.41, 5.74) is 1.42. The van der Waals surface area contributed by atoms with Crippen molar-refractivity contribution >= 4 is 0 Å². The molecule has 0 saturated heterocycles. The van der Waals surface area contributed by atoms with Crippen LogP contribution in [-0.4, -0.2) is 0 Å². The van der Waals surface area contributed by atoms with E-state index in [-0.39, 0.29) is 0 Å². The Morgan fingerprint density at radius 3 is 1.91 bits per heavy atom. The molecule has 1 unspecified atom stereocenters. The van der Waals surface area contributed by atoms with Gasteiger partial charge in [0.05, 0.1) is 0 Å². The Labute approximate surface area is 142 Å². The highest BCUT2D eigenvalue weighted by Crippen LogP contribution is 2.20. The summed E-state index contributed by atoms with van der Waals surface area (Å²) in [5, 5.41) is 0. The molecule has 1 aromatic carbocycles. The van der Waals surface area contributed by atoms with Gasteiger partial charge in [0.2, 0.25) is 0 Å². The minimum atomic E-state index is 0.470. The monoisotopic (exact) mass is 310 g/mol. The van der Waals surface area contributed by atoms with E-state index in [1.165, 1.54) is 63.4 Å². The van der Waals surface area contributed by atoms with Gasteiger partial charge < -0.3 is 0 Å². The third-order valence-corrected chi connectivity index (χ3v) is 4.61. The second-order valence-corrected chi connectivity index (χ2v) is 6.51. The van der Waals surface area contributed by atoms with Gasteiger partial charge in [-0.05, 0) is 6.42 Å². The molecule has 0 aliphatic rings. The van der Waals surface area contributed by atoms with Crippen molar-refractivity contribution in [1.29, 1.82) is 0 Å². The third-order valence-electron chi connectivity index (χ3n) is 4.61. The lowest BCUT2D eigenvalue weighted by molar-refractivity contribution is -0.714. The highest BCUT2D eigenvalue weighted by molar-refractivity contribution is 5.17. The summed E-state index contributed by atoms with van der Waals surface area (Å²) in [4.78, 5) is 0. The minimum absolute atomic E-state index is 0.470. The molecule has 1 atom stereocenters. The molecule has 2 rings (SSSR count). The standard InChI is InChI=1S/C22H32N/c1-2-3-4-5-6-7-8-13-18-22(21-16-11-9-12-17-21)23-19-14-10-15-20-23/h9-12,14-17,19-20,22H,2-8,13,18H2,1H3/q+1. The Morgan fingerprint density at radius 2 is 1.26 bits per heavy atom. The number of hydrogen-bond acceptors (Lipinski definition) is 0. The molecule has 0 saturated carbocycles. The van der Waals surface area contributed by atoms with Crippen LogP contribution >= 0.6 is 0 Å². The zero-order valence-electron chi connectivity index (χ0n) is 14.7. The number of unbranched alkanes of at least 4 members (excludes halogenated alkanes) is 7. The number of rotatable bonds is 11. The van der Waals surface area contributed by atoms with Gasteiger partial charge >= 0.3 is 0 Å². The summed E-state index contributed by atoms with van der Waals surface area (Å²) in [6.45, 7) is 2.28. The second-order valence-electron chi connectivity index (χ2n) is 6.51. The van der Waals surface area contributed by atoms with Crippen LogP contribution in [0.3, 0.4) is 0 Å². The molecule has 2 aromatic rings. The van der Waals surface area contributed by atoms with E-state index in [0.29, 0.717) is 6.04 Å². The molecule has 0 bridgehead atoms. The molecule has 1 nitrogen and oxygen atoms in total. The second kappa shape index (κ2) is 11.0. The number of benzene rings is 1. The van der Waals surface area contributed by atoms with Gasteiger partial charge in [-0.3, -0.25) is 0 Å². The molecule has 1 heteroatoms. The van der Waals surface area contributed by atoms with Crippen LogP contribution in [0.5, 0.6) is 0 Å². The van der Waals surface area contributed by atoms with E-state index >= 15 is 0 Å². The predicted octanol–water partition coefficient (Wildman–Crippen LogP) is 6.09. The number of nitrogens with zero attached hydrogens (tertiary/aromatic N) is 1. The fourth-order valence-electron chi connectivity index (χ4n) is 3.25. The number of hydrogen-bond donors (Lipinski definition) is 0. The minimum Gasteiger partial charge on any atom is -0.198 e. The van der Waals surface area contributed by atoms with Crippen molar-refractivity contribution in [1.82, 2.24) is 0 Å². The molecule has 1 heterocycles. The molecule has 0 N–H and O–H groups in total. The largest absolute Gasteiger partial charge is 0.198 e.